The summed E-state index contributed by atoms with van der Waals surface area (Å²) in [5, 5.41) is 1.03. The zero-order valence-electron chi connectivity index (χ0n) is 21.8. The number of unbranched alkanes of at least 4 members (excludes halogenated alkanes) is 5. The summed E-state index contributed by atoms with van der Waals surface area (Å²) in [7, 11) is 0. The van der Waals surface area contributed by atoms with Crippen molar-refractivity contribution in [3.63, 3.8) is 0 Å². The Morgan fingerprint density at radius 3 is 2.31 bits per heavy atom. The molecule has 4 fully saturated rings. The maximum Gasteiger partial charge on any atom is 0.188 e. The van der Waals surface area contributed by atoms with Crippen LogP contribution >= 0.6 is 11.8 Å². The Hall–Kier alpha value is 0.0200. The second-order valence-corrected chi connectivity index (χ2v) is 14.1. The normalized spacial score (nSPS) is 43.4. The quantitative estimate of drug-likeness (QED) is 0.319. The lowest BCUT2D eigenvalue weighted by Gasteiger charge is -2.61. The molecule has 4 aliphatic rings. The maximum absolute atomic E-state index is 12.0. The van der Waals surface area contributed by atoms with Gasteiger partial charge in [-0.05, 0) is 105 Å². The summed E-state index contributed by atoms with van der Waals surface area (Å²) in [6.45, 7) is 9.75. The van der Waals surface area contributed by atoms with Crippen LogP contribution in [0.1, 0.15) is 137 Å². The first-order valence-corrected chi connectivity index (χ1v) is 15.5. The van der Waals surface area contributed by atoms with E-state index in [-0.39, 0.29) is 0 Å². The predicted octanol–water partition coefficient (Wildman–Crippen LogP) is 9.43. The fraction of sp³-hybridized carbons (Fsp3) is 0.967. The summed E-state index contributed by atoms with van der Waals surface area (Å²) >= 11 is 1.69. The molecule has 0 N–H and O–H groups in total. The largest absolute Gasteiger partial charge is 0.287 e. The van der Waals surface area contributed by atoms with Gasteiger partial charge in [0, 0.05) is 11.7 Å². The Balaban J connectivity index is 1.35. The van der Waals surface area contributed by atoms with E-state index in [0.29, 0.717) is 27.6 Å². The Bertz CT molecular complexity index is 630. The fourth-order valence-electron chi connectivity index (χ4n) is 9.35. The average Bonchev–Trinajstić information content (AvgIpc) is 3.12. The Morgan fingerprint density at radius 1 is 0.812 bits per heavy atom. The van der Waals surface area contributed by atoms with Crippen LogP contribution in [0.4, 0.5) is 0 Å². The van der Waals surface area contributed by atoms with Crippen molar-refractivity contribution in [2.45, 2.75) is 142 Å². The van der Waals surface area contributed by atoms with Gasteiger partial charge in [0.1, 0.15) is 0 Å². The minimum absolute atomic E-state index is 0.420. The van der Waals surface area contributed by atoms with Crippen LogP contribution in [-0.2, 0) is 4.79 Å². The summed E-state index contributed by atoms with van der Waals surface area (Å²) in [6.07, 6.45) is 23.9. The minimum Gasteiger partial charge on any atom is -0.287 e. The first-order chi connectivity index (χ1) is 15.4. The number of thioether (sulfide) groups is 1. The molecule has 0 spiro atoms. The molecule has 0 bridgehead atoms. The molecule has 32 heavy (non-hydrogen) atoms. The molecule has 8 atom stereocenters. The van der Waals surface area contributed by atoms with Crippen molar-refractivity contribution >= 4 is 16.9 Å². The third-order valence-electron chi connectivity index (χ3n) is 11.3. The molecule has 1 nitrogen and oxygen atoms in total. The SMILES string of the molecule is CCCCCCCCC1CCC2C3CCC4C[C@@H](SC(=O)CC)CC[C@]4(C)C3CC[C@]12C. The third kappa shape index (κ3) is 4.87. The number of hydrogen-bond donors (Lipinski definition) is 0. The van der Waals surface area contributed by atoms with Gasteiger partial charge in [0.05, 0.1) is 0 Å². The van der Waals surface area contributed by atoms with Gasteiger partial charge < -0.3 is 0 Å². The van der Waals surface area contributed by atoms with Crippen LogP contribution in [0.5, 0.6) is 0 Å². The molecule has 0 heterocycles. The van der Waals surface area contributed by atoms with Crippen LogP contribution in [0.25, 0.3) is 0 Å². The number of hydrogen-bond acceptors (Lipinski definition) is 2. The van der Waals surface area contributed by atoms with E-state index in [1.807, 2.05) is 6.92 Å². The van der Waals surface area contributed by atoms with Crippen molar-refractivity contribution in [1.29, 1.82) is 0 Å². The second kappa shape index (κ2) is 10.7. The molecule has 4 rings (SSSR count). The lowest BCUT2D eigenvalue weighted by Crippen LogP contribution is -2.53. The molecule has 0 aromatic rings. The number of carbonyl (C=O) groups excluding carboxylic acids is 1. The van der Waals surface area contributed by atoms with Crippen LogP contribution < -0.4 is 0 Å². The molecule has 0 saturated heterocycles. The summed E-state index contributed by atoms with van der Waals surface area (Å²) in [5.41, 5.74) is 1.21. The minimum atomic E-state index is 0.420. The lowest BCUT2D eigenvalue weighted by atomic mass is 9.45. The van der Waals surface area contributed by atoms with Crippen molar-refractivity contribution < 1.29 is 4.79 Å². The highest BCUT2D eigenvalue weighted by Gasteiger charge is 2.59. The van der Waals surface area contributed by atoms with Crippen molar-refractivity contribution in [3.8, 4) is 0 Å². The summed E-state index contributed by atoms with van der Waals surface area (Å²) in [4.78, 5) is 12.0. The molecule has 0 amide bonds. The topological polar surface area (TPSA) is 17.1 Å². The zero-order chi connectivity index (χ0) is 22.8. The second-order valence-electron chi connectivity index (χ2n) is 12.8. The van der Waals surface area contributed by atoms with Crippen molar-refractivity contribution in [3.05, 3.63) is 0 Å². The van der Waals surface area contributed by atoms with E-state index in [0.717, 1.165) is 29.6 Å². The smallest absolute Gasteiger partial charge is 0.188 e. The van der Waals surface area contributed by atoms with Gasteiger partial charge in [0.15, 0.2) is 5.12 Å². The molecule has 0 radical (unpaired) electrons. The first kappa shape index (κ1) is 25.1. The summed E-state index contributed by atoms with van der Waals surface area (Å²) < 4.78 is 0. The molecule has 2 heteroatoms. The molecule has 184 valence electrons. The van der Waals surface area contributed by atoms with Crippen LogP contribution in [-0.4, -0.2) is 10.4 Å². The standard InChI is InChI=1S/C30H52OS/c1-5-7-8-9-10-11-12-22-14-16-26-25-15-13-23-21-24(32-28(31)6-2)17-19-30(23,4)27(25)18-20-29(22,26)3/h22-27H,5-21H2,1-4H3/t22?,23?,24-,25?,26?,27?,29+,30-/m0/s1. The Kier molecular flexibility index (Phi) is 8.43. The zero-order valence-corrected chi connectivity index (χ0v) is 22.6. The van der Waals surface area contributed by atoms with Gasteiger partial charge in [-0.3, -0.25) is 4.79 Å². The van der Waals surface area contributed by atoms with E-state index in [4.69, 9.17) is 0 Å². The molecule has 4 saturated carbocycles. The Morgan fingerprint density at radius 2 is 1.53 bits per heavy atom. The molecule has 0 aromatic carbocycles. The molecular formula is C30H52OS. The van der Waals surface area contributed by atoms with Gasteiger partial charge >= 0.3 is 0 Å². The van der Waals surface area contributed by atoms with Gasteiger partial charge in [-0.15, -0.1) is 0 Å². The van der Waals surface area contributed by atoms with Crippen LogP contribution in [0, 0.1) is 40.4 Å². The highest BCUT2D eigenvalue weighted by Crippen LogP contribution is 2.68. The Labute approximate surface area is 204 Å². The molecule has 0 aliphatic heterocycles. The fourth-order valence-corrected chi connectivity index (χ4v) is 10.5. The van der Waals surface area contributed by atoms with E-state index in [2.05, 4.69) is 20.8 Å². The number of rotatable bonds is 9. The maximum atomic E-state index is 12.0. The number of fused-ring (bicyclic) bond motifs is 5. The van der Waals surface area contributed by atoms with E-state index in [1.54, 1.807) is 11.8 Å². The highest BCUT2D eigenvalue weighted by molar-refractivity contribution is 8.14. The van der Waals surface area contributed by atoms with E-state index >= 15 is 0 Å². The summed E-state index contributed by atoms with van der Waals surface area (Å²) in [6, 6.07) is 0. The van der Waals surface area contributed by atoms with E-state index in [1.165, 1.54) is 103 Å². The predicted molar refractivity (Wildman–Crippen MR) is 140 cm³/mol. The van der Waals surface area contributed by atoms with Crippen molar-refractivity contribution in [2.75, 3.05) is 0 Å². The molecule has 0 aromatic heterocycles. The van der Waals surface area contributed by atoms with Gasteiger partial charge in [0.2, 0.25) is 0 Å². The molecule has 5 unspecified atom stereocenters. The van der Waals surface area contributed by atoms with Crippen molar-refractivity contribution in [1.82, 2.24) is 0 Å². The monoisotopic (exact) mass is 460 g/mol. The first-order valence-electron chi connectivity index (χ1n) is 14.6. The molecular weight excluding hydrogens is 408 g/mol. The highest BCUT2D eigenvalue weighted by atomic mass is 32.2. The van der Waals surface area contributed by atoms with Gasteiger partial charge in [-0.2, -0.15) is 0 Å². The lowest BCUT2D eigenvalue weighted by molar-refractivity contribution is -0.112. The molecule has 4 aliphatic carbocycles. The number of carbonyl (C=O) groups is 1. The van der Waals surface area contributed by atoms with Gasteiger partial charge in [0.25, 0.3) is 0 Å². The van der Waals surface area contributed by atoms with E-state index < -0.39 is 0 Å². The average molecular weight is 461 g/mol. The third-order valence-corrected chi connectivity index (χ3v) is 12.6. The van der Waals surface area contributed by atoms with Crippen molar-refractivity contribution in [2.24, 2.45) is 40.4 Å². The van der Waals surface area contributed by atoms with Crippen LogP contribution in [0.2, 0.25) is 0 Å². The van der Waals surface area contributed by atoms with Gasteiger partial charge in [-0.25, -0.2) is 0 Å². The van der Waals surface area contributed by atoms with Gasteiger partial charge in [-0.1, -0.05) is 78.0 Å². The van der Waals surface area contributed by atoms with Crippen LogP contribution in [0.3, 0.4) is 0 Å². The summed E-state index contributed by atoms with van der Waals surface area (Å²) in [5.74, 6) is 4.88. The van der Waals surface area contributed by atoms with Crippen LogP contribution in [0.15, 0.2) is 0 Å². The van der Waals surface area contributed by atoms with E-state index in [9.17, 15) is 4.79 Å².